The number of hydrogen-bond donors (Lipinski definition) is 0. The molecule has 0 spiro atoms. The van der Waals surface area contributed by atoms with Crippen LogP contribution in [-0.4, -0.2) is 24.5 Å². The van der Waals surface area contributed by atoms with Gasteiger partial charge in [-0.2, -0.15) is 0 Å². The van der Waals surface area contributed by atoms with Crippen LogP contribution in [0.5, 0.6) is 11.5 Å². The summed E-state index contributed by atoms with van der Waals surface area (Å²) in [6.45, 7) is 2.74. The molecular formula is C32H27BrN2O5. The number of fused-ring (bicyclic) bond motifs is 1. The highest BCUT2D eigenvalue weighted by Crippen LogP contribution is 2.48. The van der Waals surface area contributed by atoms with Crippen LogP contribution in [0.25, 0.3) is 0 Å². The van der Waals surface area contributed by atoms with Crippen LogP contribution in [0, 0.1) is 5.92 Å². The number of hydroxylamine groups is 1. The summed E-state index contributed by atoms with van der Waals surface area (Å²) >= 11 is 3.41. The number of halogens is 1. The monoisotopic (exact) mass is 598 g/mol. The van der Waals surface area contributed by atoms with Crippen LogP contribution >= 0.6 is 15.9 Å². The highest BCUT2D eigenvalue weighted by Gasteiger charge is 2.60. The minimum atomic E-state index is -0.953. The summed E-state index contributed by atoms with van der Waals surface area (Å²) in [7, 11) is 0. The molecule has 3 atom stereocenters. The molecule has 2 amide bonds. The fourth-order valence-corrected chi connectivity index (χ4v) is 5.49. The summed E-state index contributed by atoms with van der Waals surface area (Å²) in [6, 6.07) is 31.6. The molecule has 2 heterocycles. The van der Waals surface area contributed by atoms with Gasteiger partial charge in [-0.1, -0.05) is 70.5 Å². The van der Waals surface area contributed by atoms with Gasteiger partial charge in [0, 0.05) is 4.47 Å². The number of anilines is 2. The Morgan fingerprint density at radius 3 is 2.17 bits per heavy atom. The van der Waals surface area contributed by atoms with Crippen LogP contribution in [0.15, 0.2) is 108 Å². The van der Waals surface area contributed by atoms with Gasteiger partial charge in [-0.25, -0.2) is 9.96 Å². The van der Waals surface area contributed by atoms with Gasteiger partial charge in [0.15, 0.2) is 17.6 Å². The highest BCUT2D eigenvalue weighted by atomic mass is 79.9. The third-order valence-corrected chi connectivity index (χ3v) is 7.59. The van der Waals surface area contributed by atoms with E-state index in [1.807, 2.05) is 85.8 Å². The lowest BCUT2D eigenvalue weighted by atomic mass is 9.90. The molecule has 8 heteroatoms. The molecule has 40 heavy (non-hydrogen) atoms. The van der Waals surface area contributed by atoms with Crippen LogP contribution in [0.3, 0.4) is 0 Å². The lowest BCUT2D eigenvalue weighted by Gasteiger charge is -2.29. The molecule has 2 fully saturated rings. The van der Waals surface area contributed by atoms with Crippen molar-refractivity contribution < 1.29 is 23.9 Å². The lowest BCUT2D eigenvalue weighted by molar-refractivity contribution is -0.126. The molecule has 0 aliphatic carbocycles. The molecule has 6 rings (SSSR count). The predicted octanol–water partition coefficient (Wildman–Crippen LogP) is 6.48. The van der Waals surface area contributed by atoms with Crippen molar-refractivity contribution in [3.63, 3.8) is 0 Å². The molecular weight excluding hydrogens is 572 g/mol. The van der Waals surface area contributed by atoms with Crippen molar-refractivity contribution in [3.05, 3.63) is 119 Å². The number of hydrogen-bond acceptors (Lipinski definition) is 6. The number of rotatable bonds is 8. The Labute approximate surface area is 241 Å². The van der Waals surface area contributed by atoms with E-state index < -0.39 is 18.1 Å². The molecule has 2 aliphatic rings. The normalized spacial score (nSPS) is 20.1. The summed E-state index contributed by atoms with van der Waals surface area (Å²) in [6.07, 6.45) is -0.953. The van der Waals surface area contributed by atoms with E-state index in [0.29, 0.717) is 30.4 Å². The summed E-state index contributed by atoms with van der Waals surface area (Å²) in [4.78, 5) is 35.0. The maximum atomic E-state index is 13.9. The predicted molar refractivity (Wildman–Crippen MR) is 155 cm³/mol. The number of carbonyl (C=O) groups excluding carboxylic acids is 2. The highest BCUT2D eigenvalue weighted by molar-refractivity contribution is 9.10. The van der Waals surface area contributed by atoms with Crippen LogP contribution in [0.4, 0.5) is 11.4 Å². The number of carbonyl (C=O) groups is 2. The molecule has 4 aromatic carbocycles. The second-order valence-corrected chi connectivity index (χ2v) is 10.5. The Kier molecular flexibility index (Phi) is 7.28. The third kappa shape index (κ3) is 4.85. The topological polar surface area (TPSA) is 68.3 Å². The van der Waals surface area contributed by atoms with Crippen LogP contribution in [-0.2, 0) is 21.0 Å². The summed E-state index contributed by atoms with van der Waals surface area (Å²) in [5.41, 5.74) is 3.09. The van der Waals surface area contributed by atoms with Crippen LogP contribution in [0.1, 0.15) is 24.1 Å². The van der Waals surface area contributed by atoms with Crippen molar-refractivity contribution in [2.45, 2.75) is 25.7 Å². The molecule has 202 valence electrons. The zero-order valence-corrected chi connectivity index (χ0v) is 23.4. The van der Waals surface area contributed by atoms with Crippen LogP contribution in [0.2, 0.25) is 0 Å². The number of ether oxygens (including phenoxy) is 2. The Balaban J connectivity index is 1.37. The van der Waals surface area contributed by atoms with Gasteiger partial charge in [0.1, 0.15) is 12.5 Å². The first-order chi connectivity index (χ1) is 19.5. The van der Waals surface area contributed by atoms with E-state index in [1.165, 1.54) is 4.90 Å². The Hall–Kier alpha value is -4.14. The number of amides is 2. The molecule has 7 nitrogen and oxygen atoms in total. The second-order valence-electron chi connectivity index (χ2n) is 9.56. The molecule has 0 aromatic heterocycles. The SMILES string of the molecule is CCOc1cc([C@@H]2[C@H]3C(=O)N(c4ccc(Br)cc4)C(=O)[C@@H]3ON2c2ccccc2)ccc1OCc1ccccc1. The van der Waals surface area contributed by atoms with Gasteiger partial charge in [0.05, 0.1) is 24.0 Å². The van der Waals surface area contributed by atoms with E-state index in [2.05, 4.69) is 15.9 Å². The first-order valence-corrected chi connectivity index (χ1v) is 13.9. The van der Waals surface area contributed by atoms with Crippen molar-refractivity contribution in [2.24, 2.45) is 5.92 Å². The number of imide groups is 1. The summed E-state index contributed by atoms with van der Waals surface area (Å²) in [5.74, 6) is -0.269. The largest absolute Gasteiger partial charge is 0.490 e. The van der Waals surface area contributed by atoms with Crippen molar-refractivity contribution in [3.8, 4) is 11.5 Å². The lowest BCUT2D eigenvalue weighted by Crippen LogP contribution is -2.37. The van der Waals surface area contributed by atoms with Crippen molar-refractivity contribution in [1.29, 1.82) is 0 Å². The minimum Gasteiger partial charge on any atom is -0.490 e. The molecule has 2 aliphatic heterocycles. The van der Waals surface area contributed by atoms with Gasteiger partial charge in [0.2, 0.25) is 5.91 Å². The van der Waals surface area contributed by atoms with Crippen molar-refractivity contribution in [2.75, 3.05) is 16.6 Å². The van der Waals surface area contributed by atoms with Crippen molar-refractivity contribution >= 4 is 39.1 Å². The first kappa shape index (κ1) is 26.1. The van der Waals surface area contributed by atoms with E-state index in [9.17, 15) is 9.59 Å². The molecule has 0 bridgehead atoms. The van der Waals surface area contributed by atoms with Gasteiger partial charge < -0.3 is 9.47 Å². The fraction of sp³-hybridized carbons (Fsp3) is 0.188. The molecule has 0 unspecified atom stereocenters. The number of benzene rings is 4. The average Bonchev–Trinajstić information content (AvgIpc) is 3.49. The van der Waals surface area contributed by atoms with Gasteiger partial charge >= 0.3 is 0 Å². The number of para-hydroxylation sites is 1. The fourth-order valence-electron chi connectivity index (χ4n) is 5.23. The van der Waals surface area contributed by atoms with E-state index >= 15 is 0 Å². The zero-order valence-electron chi connectivity index (χ0n) is 21.8. The Bertz CT molecular complexity index is 1510. The van der Waals surface area contributed by atoms with Crippen LogP contribution < -0.4 is 19.4 Å². The molecule has 0 radical (unpaired) electrons. The molecule has 2 saturated heterocycles. The maximum absolute atomic E-state index is 13.9. The second kappa shape index (κ2) is 11.2. The van der Waals surface area contributed by atoms with Crippen molar-refractivity contribution in [1.82, 2.24) is 0 Å². The smallest absolute Gasteiger partial charge is 0.266 e. The zero-order chi connectivity index (χ0) is 27.6. The minimum absolute atomic E-state index is 0.303. The number of nitrogens with zero attached hydrogens (tertiary/aromatic N) is 2. The van der Waals surface area contributed by atoms with E-state index in [-0.39, 0.29) is 11.8 Å². The summed E-state index contributed by atoms with van der Waals surface area (Å²) < 4.78 is 12.9. The Morgan fingerprint density at radius 1 is 0.775 bits per heavy atom. The van der Waals surface area contributed by atoms with Gasteiger partial charge in [-0.3, -0.25) is 14.4 Å². The quantitative estimate of drug-likeness (QED) is 0.216. The average molecular weight is 599 g/mol. The van der Waals surface area contributed by atoms with E-state index in [0.717, 1.165) is 21.3 Å². The molecule has 4 aromatic rings. The summed E-state index contributed by atoms with van der Waals surface area (Å²) in [5, 5.41) is 1.68. The Morgan fingerprint density at radius 2 is 1.48 bits per heavy atom. The van der Waals surface area contributed by atoms with E-state index in [4.69, 9.17) is 14.3 Å². The van der Waals surface area contributed by atoms with Gasteiger partial charge in [-0.05, 0) is 66.6 Å². The van der Waals surface area contributed by atoms with Gasteiger partial charge in [0.25, 0.3) is 5.91 Å². The first-order valence-electron chi connectivity index (χ1n) is 13.1. The maximum Gasteiger partial charge on any atom is 0.266 e. The van der Waals surface area contributed by atoms with E-state index in [1.54, 1.807) is 29.3 Å². The third-order valence-electron chi connectivity index (χ3n) is 7.06. The van der Waals surface area contributed by atoms with Gasteiger partial charge in [-0.15, -0.1) is 0 Å². The standard InChI is InChI=1S/C32H27BrN2O5/c1-2-38-27-19-22(13-18-26(27)39-20-21-9-5-3-6-10-21)29-28-30(40-35(29)25-11-7-4-8-12-25)32(37)34(31(28)36)24-16-14-23(33)15-17-24/h3-19,28-30H,2,20H2,1H3/t28-,29-,30-/m1/s1. The molecule has 0 N–H and O–H groups in total. The molecule has 0 saturated carbocycles.